The predicted molar refractivity (Wildman–Crippen MR) is 60.3 cm³/mol. The molecule has 1 rings (SSSR count). The molecule has 0 fully saturated rings. The van der Waals surface area contributed by atoms with Gasteiger partial charge in [0.25, 0.3) is 0 Å². The van der Waals surface area contributed by atoms with Gasteiger partial charge in [-0.3, -0.25) is 9.88 Å². The highest BCUT2D eigenvalue weighted by Crippen LogP contribution is 2.18. The molecule has 0 saturated carbocycles. The van der Waals surface area contributed by atoms with Crippen molar-refractivity contribution in [1.29, 1.82) is 0 Å². The molecule has 0 radical (unpaired) electrons. The molecule has 15 heavy (non-hydrogen) atoms. The topological polar surface area (TPSA) is 62.4 Å². The maximum absolute atomic E-state index is 9.10. The highest BCUT2D eigenvalue weighted by molar-refractivity contribution is 5.14. The van der Waals surface area contributed by atoms with Gasteiger partial charge in [-0.05, 0) is 25.6 Å². The smallest absolute Gasteiger partial charge is 0.0584 e. The van der Waals surface area contributed by atoms with Crippen molar-refractivity contribution in [3.63, 3.8) is 0 Å². The first kappa shape index (κ1) is 12.1. The lowest BCUT2D eigenvalue weighted by atomic mass is 10.1. The van der Waals surface area contributed by atoms with Gasteiger partial charge < -0.3 is 10.8 Å². The Morgan fingerprint density at radius 1 is 1.60 bits per heavy atom. The molecule has 0 aliphatic rings. The second-order valence-electron chi connectivity index (χ2n) is 3.73. The highest BCUT2D eigenvalue weighted by atomic mass is 16.3. The van der Waals surface area contributed by atoms with Crippen LogP contribution in [0.15, 0.2) is 24.5 Å². The number of pyridine rings is 1. The van der Waals surface area contributed by atoms with Gasteiger partial charge in [-0.2, -0.15) is 0 Å². The molecular formula is C11H19N3O. The maximum Gasteiger partial charge on any atom is 0.0584 e. The second kappa shape index (κ2) is 5.80. The van der Waals surface area contributed by atoms with E-state index in [2.05, 4.69) is 9.88 Å². The van der Waals surface area contributed by atoms with Crippen LogP contribution in [-0.2, 0) is 0 Å². The van der Waals surface area contributed by atoms with Crippen molar-refractivity contribution in [1.82, 2.24) is 9.88 Å². The normalized spacial score (nSPS) is 15.3. The molecule has 2 unspecified atom stereocenters. The van der Waals surface area contributed by atoms with Crippen LogP contribution in [0.3, 0.4) is 0 Å². The van der Waals surface area contributed by atoms with Crippen LogP contribution in [0.2, 0.25) is 0 Å². The fourth-order valence-corrected chi connectivity index (χ4v) is 1.55. The molecule has 3 N–H and O–H groups in total. The first-order chi connectivity index (χ1) is 7.20. The average Bonchev–Trinajstić information content (AvgIpc) is 2.30. The minimum absolute atomic E-state index is 0.0961. The number of aliphatic hydroxyl groups is 1. The zero-order chi connectivity index (χ0) is 11.3. The third-order valence-corrected chi connectivity index (χ3v) is 2.74. The van der Waals surface area contributed by atoms with Crippen LogP contribution in [-0.4, -0.2) is 41.2 Å². The Labute approximate surface area is 90.7 Å². The van der Waals surface area contributed by atoms with E-state index in [-0.39, 0.29) is 18.7 Å². The van der Waals surface area contributed by atoms with Crippen LogP contribution in [0, 0.1) is 0 Å². The molecule has 1 aromatic heterocycles. The lowest BCUT2D eigenvalue weighted by Crippen LogP contribution is -2.38. The molecule has 4 heteroatoms. The SMILES string of the molecule is CC(CO)N(C)C(CN)c1cccnc1. The standard InChI is InChI=1S/C11H19N3O/c1-9(8-15)14(2)11(6-12)10-4-3-5-13-7-10/h3-5,7,9,11,15H,6,8,12H2,1-2H3. The monoisotopic (exact) mass is 209 g/mol. The lowest BCUT2D eigenvalue weighted by molar-refractivity contribution is 0.122. The van der Waals surface area contributed by atoms with Gasteiger partial charge in [-0.15, -0.1) is 0 Å². The van der Waals surface area contributed by atoms with Crippen LogP contribution in [0.1, 0.15) is 18.5 Å². The Bertz CT molecular complexity index is 278. The highest BCUT2D eigenvalue weighted by Gasteiger charge is 2.19. The number of hydrogen-bond acceptors (Lipinski definition) is 4. The minimum atomic E-state index is 0.0961. The van der Waals surface area contributed by atoms with E-state index in [4.69, 9.17) is 10.8 Å². The zero-order valence-corrected chi connectivity index (χ0v) is 9.30. The number of aromatic nitrogens is 1. The quantitative estimate of drug-likeness (QED) is 0.736. The summed E-state index contributed by atoms with van der Waals surface area (Å²) in [5.74, 6) is 0. The molecule has 84 valence electrons. The van der Waals surface area contributed by atoms with Gasteiger partial charge in [0.15, 0.2) is 0 Å². The Kier molecular flexibility index (Phi) is 4.68. The van der Waals surface area contributed by atoms with Crippen molar-refractivity contribution in [2.24, 2.45) is 5.73 Å². The predicted octanol–water partition coefficient (Wildman–Crippen LogP) is 0.394. The Morgan fingerprint density at radius 2 is 2.33 bits per heavy atom. The third kappa shape index (κ3) is 2.99. The van der Waals surface area contributed by atoms with E-state index in [9.17, 15) is 0 Å². The summed E-state index contributed by atoms with van der Waals surface area (Å²) >= 11 is 0. The van der Waals surface area contributed by atoms with Gasteiger partial charge in [-0.1, -0.05) is 6.07 Å². The van der Waals surface area contributed by atoms with E-state index >= 15 is 0 Å². The number of rotatable bonds is 5. The van der Waals surface area contributed by atoms with Crippen molar-refractivity contribution in [2.45, 2.75) is 19.0 Å². The molecule has 0 aliphatic carbocycles. The molecule has 0 bridgehead atoms. The van der Waals surface area contributed by atoms with Crippen LogP contribution >= 0.6 is 0 Å². The molecule has 1 aromatic rings. The van der Waals surface area contributed by atoms with E-state index in [0.29, 0.717) is 6.54 Å². The summed E-state index contributed by atoms with van der Waals surface area (Å²) in [6, 6.07) is 4.11. The Morgan fingerprint density at radius 3 is 2.80 bits per heavy atom. The largest absolute Gasteiger partial charge is 0.395 e. The molecule has 0 amide bonds. The molecule has 0 aromatic carbocycles. The molecule has 0 spiro atoms. The van der Waals surface area contributed by atoms with Gasteiger partial charge >= 0.3 is 0 Å². The number of aliphatic hydroxyl groups excluding tert-OH is 1. The summed E-state index contributed by atoms with van der Waals surface area (Å²) in [4.78, 5) is 6.14. The summed E-state index contributed by atoms with van der Waals surface area (Å²) in [6.07, 6.45) is 3.56. The first-order valence-electron chi connectivity index (χ1n) is 5.13. The molecule has 1 heterocycles. The molecular weight excluding hydrogens is 190 g/mol. The van der Waals surface area contributed by atoms with Gasteiger partial charge in [0.2, 0.25) is 0 Å². The summed E-state index contributed by atoms with van der Waals surface area (Å²) in [6.45, 7) is 2.62. The van der Waals surface area contributed by atoms with Gasteiger partial charge in [0.1, 0.15) is 0 Å². The molecule has 4 nitrogen and oxygen atoms in total. The summed E-state index contributed by atoms with van der Waals surface area (Å²) in [5, 5.41) is 9.10. The number of nitrogens with zero attached hydrogens (tertiary/aromatic N) is 2. The fourth-order valence-electron chi connectivity index (χ4n) is 1.55. The van der Waals surface area contributed by atoms with Crippen molar-refractivity contribution < 1.29 is 5.11 Å². The van der Waals surface area contributed by atoms with Gasteiger partial charge in [-0.25, -0.2) is 0 Å². The zero-order valence-electron chi connectivity index (χ0n) is 9.30. The number of hydrogen-bond donors (Lipinski definition) is 2. The average molecular weight is 209 g/mol. The lowest BCUT2D eigenvalue weighted by Gasteiger charge is -2.31. The Hall–Kier alpha value is -0.970. The van der Waals surface area contributed by atoms with Crippen molar-refractivity contribution in [3.8, 4) is 0 Å². The summed E-state index contributed by atoms with van der Waals surface area (Å²) in [5.41, 5.74) is 6.83. The third-order valence-electron chi connectivity index (χ3n) is 2.74. The number of nitrogens with two attached hydrogens (primary N) is 1. The Balaban J connectivity index is 2.80. The molecule has 0 aliphatic heterocycles. The van der Waals surface area contributed by atoms with Gasteiger partial charge in [0, 0.05) is 31.0 Å². The van der Waals surface area contributed by atoms with E-state index in [0.717, 1.165) is 5.56 Å². The van der Waals surface area contributed by atoms with E-state index in [1.807, 2.05) is 32.3 Å². The van der Waals surface area contributed by atoms with Crippen molar-refractivity contribution in [2.75, 3.05) is 20.2 Å². The summed E-state index contributed by atoms with van der Waals surface area (Å²) < 4.78 is 0. The summed E-state index contributed by atoms with van der Waals surface area (Å²) in [7, 11) is 1.96. The van der Waals surface area contributed by atoms with Crippen LogP contribution in [0.5, 0.6) is 0 Å². The van der Waals surface area contributed by atoms with Gasteiger partial charge in [0.05, 0.1) is 6.61 Å². The van der Waals surface area contributed by atoms with E-state index in [1.165, 1.54) is 0 Å². The second-order valence-corrected chi connectivity index (χ2v) is 3.73. The minimum Gasteiger partial charge on any atom is -0.395 e. The maximum atomic E-state index is 9.10. The van der Waals surface area contributed by atoms with Crippen LogP contribution in [0.4, 0.5) is 0 Å². The van der Waals surface area contributed by atoms with E-state index < -0.39 is 0 Å². The first-order valence-corrected chi connectivity index (χ1v) is 5.13. The van der Waals surface area contributed by atoms with E-state index in [1.54, 1.807) is 6.20 Å². The molecule has 0 saturated heterocycles. The number of likely N-dealkylation sites (N-methyl/N-ethyl adjacent to an activating group) is 1. The van der Waals surface area contributed by atoms with Crippen molar-refractivity contribution >= 4 is 0 Å². The van der Waals surface area contributed by atoms with Crippen LogP contribution in [0.25, 0.3) is 0 Å². The van der Waals surface area contributed by atoms with Crippen LogP contribution < -0.4 is 5.73 Å². The van der Waals surface area contributed by atoms with Crippen molar-refractivity contribution in [3.05, 3.63) is 30.1 Å². The fraction of sp³-hybridized carbons (Fsp3) is 0.545. The molecule has 2 atom stereocenters.